The van der Waals surface area contributed by atoms with Crippen LogP contribution in [0.3, 0.4) is 0 Å². The van der Waals surface area contributed by atoms with Gasteiger partial charge >= 0.3 is 0 Å². The Hall–Kier alpha value is -3.99. The fourth-order valence-corrected chi connectivity index (χ4v) is 6.64. The molecule has 0 radical (unpaired) electrons. The van der Waals surface area contributed by atoms with Crippen molar-refractivity contribution >= 4 is 23.3 Å². The number of carbonyl (C=O) groups is 3. The summed E-state index contributed by atoms with van der Waals surface area (Å²) in [6.45, 7) is -0.126. The molecule has 5 heteroatoms. The van der Waals surface area contributed by atoms with Crippen molar-refractivity contribution in [2.75, 3.05) is 11.5 Å². The summed E-state index contributed by atoms with van der Waals surface area (Å²) in [6.07, 6.45) is 5.49. The van der Waals surface area contributed by atoms with E-state index in [1.165, 1.54) is 4.90 Å². The lowest BCUT2D eigenvalue weighted by atomic mass is 9.63. The minimum Gasteiger partial charge on any atom is -0.485 e. The molecule has 0 spiro atoms. The minimum absolute atomic E-state index is 0.0959. The smallest absolute Gasteiger partial charge is 0.238 e. The number of ether oxygens (including phenoxy) is 1. The van der Waals surface area contributed by atoms with Crippen LogP contribution in [-0.2, 0) is 9.59 Å². The number of nitrogens with zero attached hydrogens (tertiary/aromatic N) is 1. The molecule has 1 aliphatic heterocycles. The summed E-state index contributed by atoms with van der Waals surface area (Å²) in [5.74, 6) is 1.18. The summed E-state index contributed by atoms with van der Waals surface area (Å²) < 4.78 is 5.79. The predicted molar refractivity (Wildman–Crippen MR) is 135 cm³/mol. The molecule has 3 fully saturated rings. The summed E-state index contributed by atoms with van der Waals surface area (Å²) in [5.41, 5.74) is 3.23. The van der Waals surface area contributed by atoms with Gasteiger partial charge in [-0.15, -0.1) is 0 Å². The summed E-state index contributed by atoms with van der Waals surface area (Å²) in [4.78, 5) is 40.8. The maximum atomic E-state index is 13.4. The second-order valence-electron chi connectivity index (χ2n) is 10.3. The molecule has 0 aromatic heterocycles. The molecular weight excluding hydrogens is 450 g/mol. The van der Waals surface area contributed by atoms with Gasteiger partial charge in [-0.1, -0.05) is 72.8 Å². The van der Waals surface area contributed by atoms with E-state index < -0.39 is 0 Å². The van der Waals surface area contributed by atoms with Crippen LogP contribution >= 0.6 is 0 Å². The van der Waals surface area contributed by atoms with E-state index in [4.69, 9.17) is 4.74 Å². The van der Waals surface area contributed by atoms with Crippen LogP contribution in [0.15, 0.2) is 91.0 Å². The van der Waals surface area contributed by atoms with Crippen molar-refractivity contribution < 1.29 is 19.1 Å². The fourth-order valence-electron chi connectivity index (χ4n) is 6.64. The lowest BCUT2D eigenvalue weighted by Crippen LogP contribution is -2.40. The van der Waals surface area contributed by atoms with Gasteiger partial charge in [-0.05, 0) is 53.4 Å². The first-order chi connectivity index (χ1) is 17.6. The number of imide groups is 1. The molecule has 36 heavy (non-hydrogen) atoms. The van der Waals surface area contributed by atoms with E-state index in [1.807, 2.05) is 42.5 Å². The number of benzene rings is 3. The Morgan fingerprint density at radius 2 is 1.42 bits per heavy atom. The first-order valence-corrected chi connectivity index (χ1v) is 12.6. The Labute approximate surface area is 209 Å². The number of carbonyl (C=O) groups excluding carboxylic acids is 3. The summed E-state index contributed by atoms with van der Waals surface area (Å²) in [5, 5.41) is 0. The van der Waals surface area contributed by atoms with Crippen LogP contribution in [-0.4, -0.2) is 24.2 Å². The number of hydrogen-bond donors (Lipinski definition) is 0. The van der Waals surface area contributed by atoms with Gasteiger partial charge in [0, 0.05) is 11.6 Å². The normalized spacial score (nSPS) is 29.2. The van der Waals surface area contributed by atoms with E-state index >= 15 is 0 Å². The lowest BCUT2D eigenvalue weighted by Gasteiger charge is -2.37. The number of hydrogen-bond acceptors (Lipinski definition) is 4. The molecule has 3 aromatic rings. The van der Waals surface area contributed by atoms with Crippen molar-refractivity contribution in [1.29, 1.82) is 0 Å². The molecule has 5 nitrogen and oxygen atoms in total. The van der Waals surface area contributed by atoms with Crippen LogP contribution < -0.4 is 9.64 Å². The van der Waals surface area contributed by atoms with E-state index in [0.717, 1.165) is 17.5 Å². The van der Waals surface area contributed by atoms with Crippen LogP contribution in [0.2, 0.25) is 0 Å². The number of Topliss-reactive ketones (excluding diaryl/α,β-unsaturated/α-hetero) is 1. The van der Waals surface area contributed by atoms with Gasteiger partial charge in [0.05, 0.1) is 17.5 Å². The molecule has 2 amide bonds. The SMILES string of the molecule is O=C(COc1cccc(N2C(=O)[C@@H]3[C@@H]4C=C[C@H]([C@H]5C[C@@H]45)[C@@H]3C2=O)c1)c1ccc(-c2ccccc2)cc1. The zero-order valence-corrected chi connectivity index (χ0v) is 19.6. The van der Waals surface area contributed by atoms with E-state index in [0.29, 0.717) is 28.8 Å². The van der Waals surface area contributed by atoms with Gasteiger partial charge in [0.15, 0.2) is 12.4 Å². The molecule has 0 N–H and O–H groups in total. The predicted octanol–water partition coefficient (Wildman–Crippen LogP) is 5.17. The Morgan fingerprint density at radius 1 is 0.778 bits per heavy atom. The van der Waals surface area contributed by atoms with Crippen LogP contribution in [0.25, 0.3) is 11.1 Å². The number of allylic oxidation sites excluding steroid dienone is 2. The van der Waals surface area contributed by atoms with Crippen molar-refractivity contribution in [3.05, 3.63) is 96.6 Å². The van der Waals surface area contributed by atoms with Crippen molar-refractivity contribution in [1.82, 2.24) is 0 Å². The first-order valence-electron chi connectivity index (χ1n) is 12.6. The van der Waals surface area contributed by atoms with Crippen LogP contribution in [0.5, 0.6) is 5.75 Å². The molecule has 1 heterocycles. The molecule has 4 aliphatic carbocycles. The van der Waals surface area contributed by atoms with Crippen LogP contribution in [0, 0.1) is 35.5 Å². The van der Waals surface area contributed by atoms with Gasteiger partial charge in [-0.3, -0.25) is 14.4 Å². The molecule has 3 aromatic carbocycles. The van der Waals surface area contributed by atoms with Gasteiger partial charge in [-0.25, -0.2) is 4.90 Å². The van der Waals surface area contributed by atoms with Gasteiger partial charge < -0.3 is 4.74 Å². The maximum absolute atomic E-state index is 13.4. The summed E-state index contributed by atoms with van der Waals surface area (Å²) >= 11 is 0. The third-order valence-electron chi connectivity index (χ3n) is 8.42. The summed E-state index contributed by atoms with van der Waals surface area (Å²) in [7, 11) is 0. The van der Waals surface area contributed by atoms with E-state index in [2.05, 4.69) is 12.2 Å². The highest BCUT2D eigenvalue weighted by Gasteiger charge is 2.67. The Balaban J connectivity index is 1.05. The highest BCUT2D eigenvalue weighted by molar-refractivity contribution is 6.22. The number of anilines is 1. The largest absolute Gasteiger partial charge is 0.485 e. The standard InChI is InChI=1S/C31H25NO4/c33-27(20-11-9-19(10-12-20)18-5-2-1-3-6-18)17-36-22-8-4-7-21(15-22)32-30(34)28-23-13-14-24(26-16-25(23)26)29(28)31(32)35/h1-15,23-26,28-29H,16-17H2/t23-,24-,25-,26+,28+,29-/m1/s1. The number of amides is 2. The molecule has 8 rings (SSSR count). The average molecular weight is 476 g/mol. The van der Waals surface area contributed by atoms with Crippen LogP contribution in [0.4, 0.5) is 5.69 Å². The van der Waals surface area contributed by atoms with Crippen molar-refractivity contribution in [3.63, 3.8) is 0 Å². The Morgan fingerprint density at radius 3 is 2.08 bits per heavy atom. The molecule has 2 bridgehead atoms. The van der Waals surface area contributed by atoms with Gasteiger partial charge in [0.25, 0.3) is 0 Å². The second kappa shape index (κ2) is 8.02. The van der Waals surface area contributed by atoms with Gasteiger partial charge in [0.1, 0.15) is 5.75 Å². The fraction of sp³-hybridized carbons (Fsp3) is 0.258. The molecule has 178 valence electrons. The second-order valence-corrected chi connectivity index (χ2v) is 10.3. The lowest BCUT2D eigenvalue weighted by molar-refractivity contribution is -0.124. The third kappa shape index (κ3) is 3.26. The van der Waals surface area contributed by atoms with Crippen molar-refractivity contribution in [2.45, 2.75) is 6.42 Å². The van der Waals surface area contributed by atoms with E-state index in [-0.39, 0.29) is 47.9 Å². The van der Waals surface area contributed by atoms with E-state index in [9.17, 15) is 14.4 Å². The third-order valence-corrected chi connectivity index (χ3v) is 8.42. The Kier molecular flexibility index (Phi) is 4.75. The molecule has 6 atom stereocenters. The van der Waals surface area contributed by atoms with Crippen LogP contribution in [0.1, 0.15) is 16.8 Å². The molecule has 1 saturated heterocycles. The zero-order chi connectivity index (χ0) is 24.4. The molecule has 2 saturated carbocycles. The topological polar surface area (TPSA) is 63.7 Å². The quantitative estimate of drug-likeness (QED) is 0.280. The van der Waals surface area contributed by atoms with Crippen molar-refractivity contribution in [2.24, 2.45) is 35.5 Å². The molecular formula is C31H25NO4. The van der Waals surface area contributed by atoms with Gasteiger partial charge in [-0.2, -0.15) is 0 Å². The number of ketones is 1. The molecule has 0 unspecified atom stereocenters. The van der Waals surface area contributed by atoms with Crippen molar-refractivity contribution in [3.8, 4) is 16.9 Å². The van der Waals surface area contributed by atoms with Gasteiger partial charge in [0.2, 0.25) is 11.8 Å². The maximum Gasteiger partial charge on any atom is 0.238 e. The minimum atomic E-state index is -0.235. The first kappa shape index (κ1) is 21.3. The Bertz CT molecular complexity index is 1370. The molecule has 5 aliphatic rings. The monoisotopic (exact) mass is 475 g/mol. The number of rotatable bonds is 6. The average Bonchev–Trinajstić information content (AvgIpc) is 3.71. The zero-order valence-electron chi connectivity index (χ0n) is 19.6. The highest BCUT2D eigenvalue weighted by atomic mass is 16.5. The van der Waals surface area contributed by atoms with E-state index in [1.54, 1.807) is 36.4 Å². The summed E-state index contributed by atoms with van der Waals surface area (Å²) in [6, 6.07) is 24.4. The highest BCUT2D eigenvalue weighted by Crippen LogP contribution is 2.65.